The maximum atomic E-state index is 13.6. The van der Waals surface area contributed by atoms with Crippen molar-refractivity contribution in [3.63, 3.8) is 0 Å². The van der Waals surface area contributed by atoms with Crippen molar-refractivity contribution in [3.8, 4) is 11.8 Å². The van der Waals surface area contributed by atoms with E-state index in [-0.39, 0.29) is 11.7 Å². The second-order valence-corrected chi connectivity index (χ2v) is 8.35. The van der Waals surface area contributed by atoms with Gasteiger partial charge in [0.05, 0.1) is 31.4 Å². The highest BCUT2D eigenvalue weighted by molar-refractivity contribution is 6.30. The van der Waals surface area contributed by atoms with Gasteiger partial charge in [-0.15, -0.1) is 0 Å². The molecule has 0 spiro atoms. The van der Waals surface area contributed by atoms with Crippen LogP contribution in [0, 0.1) is 11.3 Å². The number of alkyl halides is 2. The van der Waals surface area contributed by atoms with E-state index < -0.39 is 43.3 Å². The second kappa shape index (κ2) is 9.65. The van der Waals surface area contributed by atoms with E-state index >= 15 is 0 Å². The number of hydrogen-bond acceptors (Lipinski definition) is 6. The maximum absolute atomic E-state index is 13.6. The number of hydrogen-bond donors (Lipinski definition) is 2. The smallest absolute Gasteiger partial charge is 0.268 e. The average molecular weight is 488 g/mol. The molecular weight excluding hydrogens is 468 g/mol. The van der Waals surface area contributed by atoms with E-state index in [9.17, 15) is 18.4 Å². The number of anilines is 1. The maximum Gasteiger partial charge on any atom is 0.268 e. The Morgan fingerprint density at radius 2 is 2.24 bits per heavy atom. The summed E-state index contributed by atoms with van der Waals surface area (Å²) < 4.78 is 33.1. The minimum absolute atomic E-state index is 0.249. The average Bonchev–Trinajstić information content (AvgIpc) is 3.15. The first kappa shape index (κ1) is 23.4. The lowest BCUT2D eigenvalue weighted by atomic mass is 10.1. The summed E-state index contributed by atoms with van der Waals surface area (Å²) in [5.41, 5.74) is 1.52. The first-order valence-electron chi connectivity index (χ1n) is 10.4. The van der Waals surface area contributed by atoms with E-state index in [2.05, 4.69) is 15.6 Å². The standard InChI is InChI=1S/C23H20ClF2N5O3/c24-15-2-4-20-19(7-15)29-11-17(34-20)3-1-14-10-28-6-5-18(14)22(33)30-12-21(32)31-13-23(25,26)8-16(31)9-27/h1-7,10,16-17,29H,8,11-13H2,(H,30,33)/b3-1+/t16-,17?/m0/s1. The number of nitriles is 1. The van der Waals surface area contributed by atoms with Crippen LogP contribution in [-0.4, -0.2) is 59.4 Å². The van der Waals surface area contributed by atoms with Gasteiger partial charge in [0.2, 0.25) is 5.91 Å². The third-order valence-corrected chi connectivity index (χ3v) is 5.68. The van der Waals surface area contributed by atoms with Gasteiger partial charge in [-0.1, -0.05) is 17.7 Å². The van der Waals surface area contributed by atoms with Crippen molar-refractivity contribution < 1.29 is 23.1 Å². The van der Waals surface area contributed by atoms with E-state index in [0.29, 0.717) is 22.9 Å². The predicted molar refractivity (Wildman–Crippen MR) is 121 cm³/mol. The Labute approximate surface area is 199 Å². The molecule has 0 saturated carbocycles. The molecular formula is C23H20ClF2N5O3. The molecule has 1 saturated heterocycles. The van der Waals surface area contributed by atoms with E-state index in [1.54, 1.807) is 36.4 Å². The summed E-state index contributed by atoms with van der Waals surface area (Å²) in [5.74, 6) is -3.79. The Bertz CT molecular complexity index is 1180. The minimum Gasteiger partial charge on any atom is -0.482 e. The molecule has 34 heavy (non-hydrogen) atoms. The molecule has 2 aliphatic heterocycles. The number of ether oxygens (including phenoxy) is 1. The lowest BCUT2D eigenvalue weighted by molar-refractivity contribution is -0.131. The molecule has 8 nitrogen and oxygen atoms in total. The Morgan fingerprint density at radius 1 is 1.41 bits per heavy atom. The monoisotopic (exact) mass is 487 g/mol. The molecule has 1 fully saturated rings. The number of carbonyl (C=O) groups is 2. The number of rotatable bonds is 5. The van der Waals surface area contributed by atoms with Crippen molar-refractivity contribution in [1.82, 2.24) is 15.2 Å². The van der Waals surface area contributed by atoms with Crippen LogP contribution in [0.1, 0.15) is 22.3 Å². The number of pyridine rings is 1. The van der Waals surface area contributed by atoms with Gasteiger partial charge in [-0.05, 0) is 30.3 Å². The highest BCUT2D eigenvalue weighted by atomic mass is 35.5. The SMILES string of the molecule is N#C[C@@H]1CC(F)(F)CN1C(=O)CNC(=O)c1ccncc1/C=C/C1CNc2cc(Cl)ccc2O1. The van der Waals surface area contributed by atoms with Gasteiger partial charge in [-0.25, -0.2) is 8.78 Å². The largest absolute Gasteiger partial charge is 0.482 e. The fourth-order valence-electron chi connectivity index (χ4n) is 3.77. The van der Waals surface area contributed by atoms with Crippen molar-refractivity contribution in [1.29, 1.82) is 5.26 Å². The number of halogens is 3. The first-order chi connectivity index (χ1) is 16.3. The molecule has 2 N–H and O–H groups in total. The van der Waals surface area contributed by atoms with Crippen LogP contribution in [0.25, 0.3) is 6.08 Å². The molecule has 4 rings (SSSR count). The zero-order valence-electron chi connectivity index (χ0n) is 17.8. The third-order valence-electron chi connectivity index (χ3n) is 5.44. The van der Waals surface area contributed by atoms with E-state index in [4.69, 9.17) is 21.6 Å². The molecule has 2 amide bonds. The quantitative estimate of drug-likeness (QED) is 0.671. The van der Waals surface area contributed by atoms with Crippen LogP contribution in [0.2, 0.25) is 5.02 Å². The molecule has 1 aromatic carbocycles. The first-order valence-corrected chi connectivity index (χ1v) is 10.8. The molecule has 0 aliphatic carbocycles. The molecule has 0 radical (unpaired) electrons. The van der Waals surface area contributed by atoms with Gasteiger partial charge in [0, 0.05) is 35.0 Å². The molecule has 3 heterocycles. The minimum atomic E-state index is -3.12. The summed E-state index contributed by atoms with van der Waals surface area (Å²) >= 11 is 5.98. The van der Waals surface area contributed by atoms with Crippen molar-refractivity contribution in [2.75, 3.05) is 25.0 Å². The summed E-state index contributed by atoms with van der Waals surface area (Å²) in [6, 6.07) is 7.23. The van der Waals surface area contributed by atoms with Gasteiger partial charge in [0.1, 0.15) is 17.9 Å². The van der Waals surface area contributed by atoms with Gasteiger partial charge >= 0.3 is 0 Å². The van der Waals surface area contributed by atoms with E-state index in [1.807, 2.05) is 0 Å². The molecule has 0 bridgehead atoms. The Balaban J connectivity index is 1.39. The van der Waals surface area contributed by atoms with Crippen LogP contribution < -0.4 is 15.4 Å². The summed E-state index contributed by atoms with van der Waals surface area (Å²) in [6.07, 6.45) is 5.35. The molecule has 1 unspecified atom stereocenters. The number of nitrogens with zero attached hydrogens (tertiary/aromatic N) is 3. The normalized spacial score (nSPS) is 20.7. The topological polar surface area (TPSA) is 107 Å². The lowest BCUT2D eigenvalue weighted by Gasteiger charge is -2.25. The van der Waals surface area contributed by atoms with Crippen LogP contribution in [0.15, 0.2) is 42.7 Å². The molecule has 2 atom stereocenters. The lowest BCUT2D eigenvalue weighted by Crippen LogP contribution is -2.43. The Morgan fingerprint density at radius 3 is 3.03 bits per heavy atom. The Hall–Kier alpha value is -3.71. The molecule has 2 aliphatic rings. The third kappa shape index (κ3) is 5.26. The van der Waals surface area contributed by atoms with Gasteiger partial charge in [0.25, 0.3) is 11.8 Å². The van der Waals surface area contributed by atoms with E-state index in [0.717, 1.165) is 10.6 Å². The zero-order chi connectivity index (χ0) is 24.3. The van der Waals surface area contributed by atoms with Crippen molar-refractivity contribution in [3.05, 3.63) is 58.9 Å². The zero-order valence-corrected chi connectivity index (χ0v) is 18.6. The van der Waals surface area contributed by atoms with Gasteiger partial charge in [-0.3, -0.25) is 14.6 Å². The summed E-state index contributed by atoms with van der Waals surface area (Å²) in [4.78, 5) is 29.9. The molecule has 176 valence electrons. The van der Waals surface area contributed by atoms with Crippen LogP contribution >= 0.6 is 11.6 Å². The van der Waals surface area contributed by atoms with Crippen molar-refractivity contribution in [2.24, 2.45) is 0 Å². The van der Waals surface area contributed by atoms with Gasteiger partial charge < -0.3 is 20.3 Å². The Kier molecular flexibility index (Phi) is 6.65. The number of benzene rings is 1. The fourth-order valence-corrected chi connectivity index (χ4v) is 3.94. The molecule has 1 aromatic heterocycles. The molecule has 11 heteroatoms. The van der Waals surface area contributed by atoms with Crippen LogP contribution in [-0.2, 0) is 4.79 Å². The van der Waals surface area contributed by atoms with E-state index in [1.165, 1.54) is 18.5 Å². The summed E-state index contributed by atoms with van der Waals surface area (Å²) in [5, 5.41) is 15.3. The van der Waals surface area contributed by atoms with Crippen LogP contribution in [0.3, 0.4) is 0 Å². The number of fused-ring (bicyclic) bond motifs is 1. The number of amides is 2. The number of carbonyl (C=O) groups excluding carboxylic acids is 2. The van der Waals surface area contributed by atoms with Gasteiger partial charge in [-0.2, -0.15) is 5.26 Å². The number of aromatic nitrogens is 1. The number of likely N-dealkylation sites (tertiary alicyclic amines) is 1. The number of nitrogens with one attached hydrogen (secondary N) is 2. The summed E-state index contributed by atoms with van der Waals surface area (Å²) in [6.45, 7) is -0.859. The van der Waals surface area contributed by atoms with Crippen molar-refractivity contribution >= 4 is 35.2 Å². The van der Waals surface area contributed by atoms with Crippen LogP contribution in [0.4, 0.5) is 14.5 Å². The second-order valence-electron chi connectivity index (χ2n) is 7.91. The van der Waals surface area contributed by atoms with Crippen LogP contribution in [0.5, 0.6) is 5.75 Å². The van der Waals surface area contributed by atoms with Crippen molar-refractivity contribution in [2.45, 2.75) is 24.5 Å². The van der Waals surface area contributed by atoms with Gasteiger partial charge in [0.15, 0.2) is 0 Å². The summed E-state index contributed by atoms with van der Waals surface area (Å²) in [7, 11) is 0. The highest BCUT2D eigenvalue weighted by Gasteiger charge is 2.47. The fraction of sp³-hybridized carbons (Fsp3) is 0.304. The highest BCUT2D eigenvalue weighted by Crippen LogP contribution is 2.32. The molecule has 2 aromatic rings. The predicted octanol–water partition coefficient (Wildman–Crippen LogP) is 3.11.